The van der Waals surface area contributed by atoms with Crippen molar-refractivity contribution in [1.82, 2.24) is 14.4 Å². The quantitative estimate of drug-likeness (QED) is 0.645. The molecule has 0 unspecified atom stereocenters. The van der Waals surface area contributed by atoms with Crippen LogP contribution in [0.2, 0.25) is 0 Å². The Balaban J connectivity index is 2.30. The number of aromatic nitrogens is 3. The van der Waals surface area contributed by atoms with Gasteiger partial charge in [-0.25, -0.2) is 9.97 Å². The zero-order chi connectivity index (χ0) is 12.7. The summed E-state index contributed by atoms with van der Waals surface area (Å²) >= 11 is 6.89. The molecule has 0 bridgehead atoms. The van der Waals surface area contributed by atoms with Crippen molar-refractivity contribution in [2.24, 2.45) is 0 Å². The molecule has 0 aliphatic heterocycles. The molecule has 0 saturated carbocycles. The molecule has 3 aromatic rings. The van der Waals surface area contributed by atoms with Gasteiger partial charge in [0.1, 0.15) is 0 Å². The standard InChI is InChI=1S/C13H9Br2N3/c1-8-12(9-2-4-10(14)5-3-9)18-7-11(15)6-16-13(18)17-8/h2-7H,1H3. The lowest BCUT2D eigenvalue weighted by Gasteiger charge is -2.03. The molecular weight excluding hydrogens is 358 g/mol. The molecule has 3 rings (SSSR count). The number of halogens is 2. The van der Waals surface area contributed by atoms with Crippen LogP contribution in [0.25, 0.3) is 17.0 Å². The Morgan fingerprint density at radius 3 is 2.50 bits per heavy atom. The minimum atomic E-state index is 0.716. The van der Waals surface area contributed by atoms with E-state index in [9.17, 15) is 0 Å². The number of imidazole rings is 1. The smallest absolute Gasteiger partial charge is 0.234 e. The van der Waals surface area contributed by atoms with E-state index in [0.717, 1.165) is 25.9 Å². The number of aryl methyl sites for hydroxylation is 1. The van der Waals surface area contributed by atoms with Crippen LogP contribution < -0.4 is 0 Å². The van der Waals surface area contributed by atoms with E-state index in [1.54, 1.807) is 6.20 Å². The summed E-state index contributed by atoms with van der Waals surface area (Å²) in [5.41, 5.74) is 3.18. The summed E-state index contributed by atoms with van der Waals surface area (Å²) in [6.07, 6.45) is 3.74. The fourth-order valence-electron chi connectivity index (χ4n) is 1.98. The molecule has 0 aliphatic carbocycles. The first kappa shape index (κ1) is 11.9. The van der Waals surface area contributed by atoms with Crippen LogP contribution in [0.5, 0.6) is 0 Å². The number of nitrogens with zero attached hydrogens (tertiary/aromatic N) is 3. The number of hydrogen-bond donors (Lipinski definition) is 0. The van der Waals surface area contributed by atoms with Gasteiger partial charge in [-0.3, -0.25) is 4.40 Å². The van der Waals surface area contributed by atoms with E-state index in [-0.39, 0.29) is 0 Å². The van der Waals surface area contributed by atoms with Gasteiger partial charge in [-0.05, 0) is 35.0 Å². The van der Waals surface area contributed by atoms with Gasteiger partial charge < -0.3 is 0 Å². The Morgan fingerprint density at radius 2 is 1.78 bits per heavy atom. The van der Waals surface area contributed by atoms with Gasteiger partial charge in [0, 0.05) is 22.4 Å². The SMILES string of the molecule is Cc1nc2ncc(Br)cn2c1-c1ccc(Br)cc1. The molecule has 0 atom stereocenters. The Bertz CT molecular complexity index is 717. The van der Waals surface area contributed by atoms with Crippen LogP contribution in [0, 0.1) is 6.92 Å². The minimum Gasteiger partial charge on any atom is -0.282 e. The highest BCUT2D eigenvalue weighted by Crippen LogP contribution is 2.26. The maximum absolute atomic E-state index is 4.47. The van der Waals surface area contributed by atoms with Gasteiger partial charge in [0.15, 0.2) is 0 Å². The van der Waals surface area contributed by atoms with Crippen LogP contribution in [0.15, 0.2) is 45.6 Å². The van der Waals surface area contributed by atoms with E-state index in [1.165, 1.54) is 0 Å². The van der Waals surface area contributed by atoms with Crippen molar-refractivity contribution in [2.75, 3.05) is 0 Å². The molecule has 0 fully saturated rings. The molecule has 2 aromatic heterocycles. The monoisotopic (exact) mass is 365 g/mol. The lowest BCUT2D eigenvalue weighted by Crippen LogP contribution is -1.91. The van der Waals surface area contributed by atoms with Gasteiger partial charge >= 0.3 is 0 Å². The van der Waals surface area contributed by atoms with E-state index >= 15 is 0 Å². The predicted molar refractivity (Wildman–Crippen MR) is 78.6 cm³/mol. The molecule has 2 heterocycles. The van der Waals surface area contributed by atoms with Crippen molar-refractivity contribution >= 4 is 37.6 Å². The fourth-order valence-corrected chi connectivity index (χ4v) is 2.55. The molecule has 0 radical (unpaired) electrons. The Labute approximate surface area is 121 Å². The summed E-state index contributed by atoms with van der Waals surface area (Å²) in [6.45, 7) is 2.00. The molecule has 3 nitrogen and oxygen atoms in total. The van der Waals surface area contributed by atoms with Gasteiger partial charge in [0.2, 0.25) is 5.78 Å². The molecule has 0 spiro atoms. The van der Waals surface area contributed by atoms with E-state index < -0.39 is 0 Å². The highest BCUT2D eigenvalue weighted by atomic mass is 79.9. The lowest BCUT2D eigenvalue weighted by molar-refractivity contribution is 1.10. The van der Waals surface area contributed by atoms with Crippen LogP contribution in [-0.4, -0.2) is 14.4 Å². The maximum Gasteiger partial charge on any atom is 0.234 e. The van der Waals surface area contributed by atoms with Crippen LogP contribution in [-0.2, 0) is 0 Å². The zero-order valence-electron chi connectivity index (χ0n) is 9.56. The summed E-state index contributed by atoms with van der Waals surface area (Å²) in [4.78, 5) is 8.77. The molecule has 90 valence electrons. The zero-order valence-corrected chi connectivity index (χ0v) is 12.7. The average molecular weight is 367 g/mol. The van der Waals surface area contributed by atoms with Crippen LogP contribution in [0.1, 0.15) is 5.69 Å². The normalized spacial score (nSPS) is 11.1. The molecule has 0 aliphatic rings. The van der Waals surface area contributed by atoms with Crippen molar-refractivity contribution in [3.8, 4) is 11.3 Å². The molecule has 0 N–H and O–H groups in total. The second-order valence-electron chi connectivity index (χ2n) is 3.99. The summed E-state index contributed by atoms with van der Waals surface area (Å²) in [5, 5.41) is 0. The van der Waals surface area contributed by atoms with Gasteiger partial charge in [-0.2, -0.15) is 0 Å². The molecule has 18 heavy (non-hydrogen) atoms. The van der Waals surface area contributed by atoms with Crippen molar-refractivity contribution in [3.05, 3.63) is 51.3 Å². The summed E-state index contributed by atoms with van der Waals surface area (Å²) in [5.74, 6) is 0.716. The molecule has 5 heteroatoms. The van der Waals surface area contributed by atoms with E-state index in [0.29, 0.717) is 5.78 Å². The Hall–Kier alpha value is -1.20. The van der Waals surface area contributed by atoms with E-state index in [1.807, 2.05) is 29.7 Å². The Kier molecular flexibility index (Phi) is 2.95. The van der Waals surface area contributed by atoms with Crippen LogP contribution >= 0.6 is 31.9 Å². The lowest BCUT2D eigenvalue weighted by atomic mass is 10.1. The highest BCUT2D eigenvalue weighted by Gasteiger charge is 2.11. The molecule has 0 amide bonds. The average Bonchev–Trinajstić information content (AvgIpc) is 2.66. The predicted octanol–water partition coefficient (Wildman–Crippen LogP) is 4.23. The third-order valence-corrected chi connectivity index (χ3v) is 3.68. The molecule has 1 aromatic carbocycles. The topological polar surface area (TPSA) is 30.2 Å². The number of rotatable bonds is 1. The Morgan fingerprint density at radius 1 is 1.06 bits per heavy atom. The summed E-state index contributed by atoms with van der Waals surface area (Å²) in [7, 11) is 0. The number of fused-ring (bicyclic) bond motifs is 1. The maximum atomic E-state index is 4.47. The molecule has 0 saturated heterocycles. The third kappa shape index (κ3) is 1.97. The largest absolute Gasteiger partial charge is 0.282 e. The van der Waals surface area contributed by atoms with Gasteiger partial charge in [-0.15, -0.1) is 0 Å². The first-order chi connectivity index (χ1) is 8.65. The summed E-state index contributed by atoms with van der Waals surface area (Å²) in [6, 6.07) is 8.20. The number of hydrogen-bond acceptors (Lipinski definition) is 2. The van der Waals surface area contributed by atoms with E-state index in [4.69, 9.17) is 0 Å². The van der Waals surface area contributed by atoms with Crippen molar-refractivity contribution in [1.29, 1.82) is 0 Å². The van der Waals surface area contributed by atoms with Crippen molar-refractivity contribution in [2.45, 2.75) is 6.92 Å². The second kappa shape index (κ2) is 4.48. The fraction of sp³-hybridized carbons (Fsp3) is 0.0769. The van der Waals surface area contributed by atoms with Crippen LogP contribution in [0.3, 0.4) is 0 Å². The first-order valence-corrected chi connectivity index (χ1v) is 7.00. The van der Waals surface area contributed by atoms with Crippen molar-refractivity contribution < 1.29 is 0 Å². The van der Waals surface area contributed by atoms with Gasteiger partial charge in [0.05, 0.1) is 15.9 Å². The van der Waals surface area contributed by atoms with Gasteiger partial charge in [-0.1, -0.05) is 28.1 Å². The van der Waals surface area contributed by atoms with Crippen LogP contribution in [0.4, 0.5) is 0 Å². The first-order valence-electron chi connectivity index (χ1n) is 5.41. The number of benzene rings is 1. The minimum absolute atomic E-state index is 0.716. The molecular formula is C13H9Br2N3. The second-order valence-corrected chi connectivity index (χ2v) is 5.83. The van der Waals surface area contributed by atoms with E-state index in [2.05, 4.69) is 54.0 Å². The third-order valence-electron chi connectivity index (χ3n) is 2.74. The highest BCUT2D eigenvalue weighted by molar-refractivity contribution is 9.10. The van der Waals surface area contributed by atoms with Crippen molar-refractivity contribution in [3.63, 3.8) is 0 Å². The summed E-state index contributed by atoms with van der Waals surface area (Å²) < 4.78 is 4.01. The van der Waals surface area contributed by atoms with Gasteiger partial charge in [0.25, 0.3) is 0 Å².